The van der Waals surface area contributed by atoms with Crippen molar-refractivity contribution in [2.75, 3.05) is 24.7 Å². The zero-order valence-electron chi connectivity index (χ0n) is 7.99. The summed E-state index contributed by atoms with van der Waals surface area (Å²) >= 11 is 0. The van der Waals surface area contributed by atoms with Gasteiger partial charge in [0.05, 0.1) is 6.61 Å². The molecule has 0 fully saturated rings. The van der Waals surface area contributed by atoms with Gasteiger partial charge in [-0.1, -0.05) is 13.8 Å². The Kier molecular flexibility index (Phi) is 6.80. The minimum absolute atomic E-state index is 0.287. The second kappa shape index (κ2) is 7.03. The quantitative estimate of drug-likeness (QED) is 0.618. The van der Waals surface area contributed by atoms with Crippen molar-refractivity contribution in [2.24, 2.45) is 5.92 Å². The Balaban J connectivity index is 3.32. The first kappa shape index (κ1) is 12.6. The largest absolute Gasteiger partial charge is 0.481 e. The summed E-state index contributed by atoms with van der Waals surface area (Å²) in [6.45, 7) is 5.05. The maximum absolute atomic E-state index is 10.9. The fraction of sp³-hybridized carbons (Fsp3) is 0.875. The summed E-state index contributed by atoms with van der Waals surface area (Å²) in [6.07, 6.45) is 0. The van der Waals surface area contributed by atoms with Crippen molar-refractivity contribution in [3.05, 3.63) is 0 Å². The van der Waals surface area contributed by atoms with E-state index in [1.807, 2.05) is 13.8 Å². The molecule has 0 heterocycles. The van der Waals surface area contributed by atoms with Gasteiger partial charge in [0.25, 0.3) is 0 Å². The van der Waals surface area contributed by atoms with Crippen molar-refractivity contribution in [3.8, 4) is 0 Å². The molecule has 4 nitrogen and oxygen atoms in total. The van der Waals surface area contributed by atoms with Gasteiger partial charge in [-0.2, -0.15) is 0 Å². The van der Waals surface area contributed by atoms with E-state index >= 15 is 0 Å². The van der Waals surface area contributed by atoms with E-state index in [2.05, 4.69) is 0 Å². The van der Waals surface area contributed by atoms with Crippen LogP contribution in [0.2, 0.25) is 0 Å². The summed E-state index contributed by atoms with van der Waals surface area (Å²) < 4.78 is 16.1. The fourth-order valence-corrected chi connectivity index (χ4v) is 1.40. The minimum Gasteiger partial charge on any atom is -0.481 e. The third kappa shape index (κ3) is 9.49. The van der Waals surface area contributed by atoms with E-state index in [-0.39, 0.29) is 5.75 Å². The highest BCUT2D eigenvalue weighted by atomic mass is 32.2. The second-order valence-electron chi connectivity index (χ2n) is 3.15. The lowest BCUT2D eigenvalue weighted by atomic mass is 10.2. The van der Waals surface area contributed by atoms with Gasteiger partial charge in [-0.05, 0) is 5.92 Å². The van der Waals surface area contributed by atoms with Gasteiger partial charge in [-0.15, -0.1) is 0 Å². The summed E-state index contributed by atoms with van der Waals surface area (Å²) in [5.41, 5.74) is 0. The summed E-state index contributed by atoms with van der Waals surface area (Å²) in [7, 11) is -1.29. The Labute approximate surface area is 80.7 Å². The molecule has 0 aromatic heterocycles. The number of carbonyl (C=O) groups is 1. The van der Waals surface area contributed by atoms with E-state index in [1.54, 1.807) is 0 Å². The lowest BCUT2D eigenvalue weighted by molar-refractivity contribution is -0.133. The SMILES string of the molecule is CC(C)COCCS(=O)CC(=O)O. The minimum atomic E-state index is -1.29. The highest BCUT2D eigenvalue weighted by Crippen LogP contribution is 1.92. The molecule has 0 amide bonds. The summed E-state index contributed by atoms with van der Waals surface area (Å²) in [5, 5.41) is 8.29. The van der Waals surface area contributed by atoms with E-state index in [1.165, 1.54) is 0 Å². The van der Waals surface area contributed by atoms with E-state index in [0.717, 1.165) is 0 Å². The van der Waals surface area contributed by atoms with Crippen molar-refractivity contribution < 1.29 is 18.8 Å². The van der Waals surface area contributed by atoms with Crippen LogP contribution in [0.1, 0.15) is 13.8 Å². The molecule has 0 aliphatic carbocycles. The normalized spacial score (nSPS) is 13.2. The smallest absolute Gasteiger partial charge is 0.316 e. The van der Waals surface area contributed by atoms with E-state index in [9.17, 15) is 9.00 Å². The predicted octanol–water partition coefficient (Wildman–Crippen LogP) is 0.492. The Morgan fingerprint density at radius 3 is 2.62 bits per heavy atom. The molecule has 0 bridgehead atoms. The van der Waals surface area contributed by atoms with Crippen molar-refractivity contribution in [1.29, 1.82) is 0 Å². The average Bonchev–Trinajstić information content (AvgIpc) is 1.96. The third-order valence-electron chi connectivity index (χ3n) is 1.19. The molecule has 0 aromatic rings. The maximum atomic E-state index is 10.9. The fourth-order valence-electron chi connectivity index (χ4n) is 0.681. The van der Waals surface area contributed by atoms with Gasteiger partial charge in [0.1, 0.15) is 5.75 Å². The number of carboxylic acid groups (broad SMARTS) is 1. The molecule has 0 aliphatic heterocycles. The van der Waals surface area contributed by atoms with Crippen molar-refractivity contribution in [1.82, 2.24) is 0 Å². The molecule has 5 heteroatoms. The first-order chi connectivity index (χ1) is 6.02. The van der Waals surface area contributed by atoms with E-state index in [0.29, 0.717) is 24.9 Å². The molecule has 0 spiro atoms. The molecule has 0 saturated heterocycles. The number of carboxylic acids is 1. The summed E-state index contributed by atoms with van der Waals surface area (Å²) in [5.74, 6) is -0.556. The highest BCUT2D eigenvalue weighted by molar-refractivity contribution is 7.85. The Hall–Kier alpha value is -0.420. The molecule has 0 aromatic carbocycles. The Morgan fingerprint density at radius 1 is 1.54 bits per heavy atom. The molecule has 13 heavy (non-hydrogen) atoms. The van der Waals surface area contributed by atoms with Gasteiger partial charge in [0.15, 0.2) is 0 Å². The summed E-state index contributed by atoms with van der Waals surface area (Å²) in [4.78, 5) is 10.1. The monoisotopic (exact) mass is 208 g/mol. The van der Waals surface area contributed by atoms with Crippen LogP contribution in [0.3, 0.4) is 0 Å². The Morgan fingerprint density at radius 2 is 2.15 bits per heavy atom. The van der Waals surface area contributed by atoms with Crippen molar-refractivity contribution >= 4 is 16.8 Å². The Bertz CT molecular complexity index is 179. The zero-order valence-corrected chi connectivity index (χ0v) is 8.80. The lowest BCUT2D eigenvalue weighted by Crippen LogP contribution is -2.16. The van der Waals surface area contributed by atoms with Crippen LogP contribution in [-0.2, 0) is 20.3 Å². The number of rotatable bonds is 7. The highest BCUT2D eigenvalue weighted by Gasteiger charge is 2.05. The van der Waals surface area contributed by atoms with E-state index < -0.39 is 16.8 Å². The van der Waals surface area contributed by atoms with Crippen LogP contribution in [0.4, 0.5) is 0 Å². The predicted molar refractivity (Wildman–Crippen MR) is 51.2 cm³/mol. The molecule has 0 radical (unpaired) electrons. The van der Waals surface area contributed by atoms with Crippen LogP contribution in [0.15, 0.2) is 0 Å². The molecule has 1 atom stereocenters. The molecule has 1 unspecified atom stereocenters. The third-order valence-corrected chi connectivity index (χ3v) is 2.38. The average molecular weight is 208 g/mol. The zero-order chi connectivity index (χ0) is 10.3. The number of aliphatic carboxylic acids is 1. The van der Waals surface area contributed by atoms with Gasteiger partial charge in [0, 0.05) is 23.2 Å². The molecule has 0 aliphatic rings. The van der Waals surface area contributed by atoms with Gasteiger partial charge >= 0.3 is 5.97 Å². The van der Waals surface area contributed by atoms with Crippen LogP contribution in [0, 0.1) is 5.92 Å². The molecular weight excluding hydrogens is 192 g/mol. The molecule has 1 N–H and O–H groups in total. The number of ether oxygens (including phenoxy) is 1. The van der Waals surface area contributed by atoms with Gasteiger partial charge in [-0.25, -0.2) is 0 Å². The maximum Gasteiger partial charge on any atom is 0.316 e. The van der Waals surface area contributed by atoms with Crippen LogP contribution >= 0.6 is 0 Å². The summed E-state index contributed by atoms with van der Waals surface area (Å²) in [6, 6.07) is 0. The van der Waals surface area contributed by atoms with Crippen LogP contribution in [0.25, 0.3) is 0 Å². The van der Waals surface area contributed by atoms with Crippen LogP contribution in [0.5, 0.6) is 0 Å². The van der Waals surface area contributed by atoms with Gasteiger partial charge in [0.2, 0.25) is 0 Å². The van der Waals surface area contributed by atoms with Gasteiger partial charge < -0.3 is 9.84 Å². The first-order valence-electron chi connectivity index (χ1n) is 4.17. The topological polar surface area (TPSA) is 63.6 Å². The van der Waals surface area contributed by atoms with Crippen molar-refractivity contribution in [3.63, 3.8) is 0 Å². The van der Waals surface area contributed by atoms with E-state index in [4.69, 9.17) is 9.84 Å². The van der Waals surface area contributed by atoms with Crippen LogP contribution < -0.4 is 0 Å². The standard InChI is InChI=1S/C8H16O4S/c1-7(2)5-12-3-4-13(11)6-8(9)10/h7H,3-6H2,1-2H3,(H,9,10). The second-order valence-corrected chi connectivity index (χ2v) is 4.73. The molecule has 78 valence electrons. The lowest BCUT2D eigenvalue weighted by Gasteiger charge is -2.05. The van der Waals surface area contributed by atoms with Gasteiger partial charge in [-0.3, -0.25) is 9.00 Å². The molecular formula is C8H16O4S. The van der Waals surface area contributed by atoms with Crippen LogP contribution in [-0.4, -0.2) is 40.0 Å². The number of hydrogen-bond acceptors (Lipinski definition) is 3. The molecule has 0 saturated carbocycles. The first-order valence-corrected chi connectivity index (χ1v) is 5.65. The molecule has 0 rings (SSSR count). The number of hydrogen-bond donors (Lipinski definition) is 1. The van der Waals surface area contributed by atoms with Crippen molar-refractivity contribution in [2.45, 2.75) is 13.8 Å².